The maximum Gasteiger partial charge on any atom is 0.254 e. The summed E-state index contributed by atoms with van der Waals surface area (Å²) in [6.07, 6.45) is 8.82. The maximum atomic E-state index is 13.1. The molecule has 0 bridgehead atoms. The molecule has 5 heteroatoms. The number of rotatable bonds is 6. The number of nitrogens with zero attached hydrogens (tertiary/aromatic N) is 3. The summed E-state index contributed by atoms with van der Waals surface area (Å²) in [5.74, 6) is 1.07. The zero-order valence-electron chi connectivity index (χ0n) is 15.7. The van der Waals surface area contributed by atoms with Crippen molar-refractivity contribution in [1.82, 2.24) is 14.9 Å². The Bertz CT molecular complexity index is 915. The molecule has 0 saturated carbocycles. The van der Waals surface area contributed by atoms with Gasteiger partial charge >= 0.3 is 0 Å². The van der Waals surface area contributed by atoms with E-state index < -0.39 is 0 Å². The lowest BCUT2D eigenvalue weighted by Gasteiger charge is -2.25. The molecule has 1 fully saturated rings. The van der Waals surface area contributed by atoms with Crippen molar-refractivity contribution in [2.45, 2.75) is 31.7 Å². The third kappa shape index (κ3) is 4.36. The molecule has 1 aliphatic rings. The van der Waals surface area contributed by atoms with Gasteiger partial charge in [-0.3, -0.25) is 9.78 Å². The van der Waals surface area contributed by atoms with Crippen molar-refractivity contribution in [2.75, 3.05) is 6.54 Å². The summed E-state index contributed by atoms with van der Waals surface area (Å²) in [6.45, 7) is 0.813. The van der Waals surface area contributed by atoms with Gasteiger partial charge in [0.05, 0.1) is 6.20 Å². The normalized spacial score (nSPS) is 16.1. The lowest BCUT2D eigenvalue weighted by molar-refractivity contribution is 0.0730. The van der Waals surface area contributed by atoms with E-state index in [-0.39, 0.29) is 11.9 Å². The highest BCUT2D eigenvalue weighted by molar-refractivity contribution is 5.95. The SMILES string of the molecule is O=C(c1cccc(Oc2cnccn2)c1)N1CCCC1CCc1ccccc1. The molecule has 0 aliphatic carbocycles. The molecule has 3 aromatic rings. The first kappa shape index (κ1) is 18.2. The van der Waals surface area contributed by atoms with E-state index in [1.807, 2.05) is 29.2 Å². The van der Waals surface area contributed by atoms with Crippen LogP contribution >= 0.6 is 0 Å². The van der Waals surface area contributed by atoms with Gasteiger partial charge in [0.1, 0.15) is 5.75 Å². The molecule has 1 aliphatic heterocycles. The van der Waals surface area contributed by atoms with E-state index in [0.717, 1.165) is 32.2 Å². The molecule has 1 aromatic heterocycles. The van der Waals surface area contributed by atoms with Crippen molar-refractivity contribution in [2.24, 2.45) is 0 Å². The molecular formula is C23H23N3O2. The average Bonchev–Trinajstić information content (AvgIpc) is 3.22. The Morgan fingerprint density at radius 3 is 2.82 bits per heavy atom. The smallest absolute Gasteiger partial charge is 0.254 e. The van der Waals surface area contributed by atoms with E-state index in [9.17, 15) is 4.79 Å². The topological polar surface area (TPSA) is 55.3 Å². The highest BCUT2D eigenvalue weighted by Gasteiger charge is 2.29. The van der Waals surface area contributed by atoms with Crippen LogP contribution in [-0.2, 0) is 6.42 Å². The molecule has 2 aromatic carbocycles. The highest BCUT2D eigenvalue weighted by Crippen LogP contribution is 2.26. The van der Waals surface area contributed by atoms with Gasteiger partial charge in [-0.25, -0.2) is 4.98 Å². The molecule has 1 atom stereocenters. The molecule has 2 heterocycles. The van der Waals surface area contributed by atoms with Crippen LogP contribution in [0, 0.1) is 0 Å². The highest BCUT2D eigenvalue weighted by atomic mass is 16.5. The van der Waals surface area contributed by atoms with Crippen LogP contribution in [0.1, 0.15) is 35.2 Å². The summed E-state index contributed by atoms with van der Waals surface area (Å²) >= 11 is 0. The molecule has 1 amide bonds. The van der Waals surface area contributed by atoms with Crippen molar-refractivity contribution in [3.05, 3.63) is 84.3 Å². The minimum absolute atomic E-state index is 0.0696. The van der Waals surface area contributed by atoms with E-state index >= 15 is 0 Å². The zero-order valence-corrected chi connectivity index (χ0v) is 15.7. The molecule has 28 heavy (non-hydrogen) atoms. The number of carbonyl (C=O) groups excluding carboxylic acids is 1. The van der Waals surface area contributed by atoms with Gasteiger partial charge in [-0.2, -0.15) is 0 Å². The Morgan fingerprint density at radius 2 is 2.00 bits per heavy atom. The van der Waals surface area contributed by atoms with E-state index in [1.165, 1.54) is 5.56 Å². The van der Waals surface area contributed by atoms with Crippen molar-refractivity contribution < 1.29 is 9.53 Å². The Labute approximate surface area is 165 Å². The molecular weight excluding hydrogens is 350 g/mol. The summed E-state index contributed by atoms with van der Waals surface area (Å²) in [5, 5.41) is 0. The third-order valence-corrected chi connectivity index (χ3v) is 5.09. The lowest BCUT2D eigenvalue weighted by Crippen LogP contribution is -2.35. The number of hydrogen-bond acceptors (Lipinski definition) is 4. The number of likely N-dealkylation sites (tertiary alicyclic amines) is 1. The van der Waals surface area contributed by atoms with Crippen molar-refractivity contribution in [3.63, 3.8) is 0 Å². The summed E-state index contributed by atoms with van der Waals surface area (Å²) in [7, 11) is 0. The summed E-state index contributed by atoms with van der Waals surface area (Å²) < 4.78 is 5.72. The Kier molecular flexibility index (Phi) is 5.61. The monoisotopic (exact) mass is 373 g/mol. The molecule has 0 spiro atoms. The van der Waals surface area contributed by atoms with Gasteiger partial charge < -0.3 is 9.64 Å². The average molecular weight is 373 g/mol. The molecule has 1 unspecified atom stereocenters. The van der Waals surface area contributed by atoms with Gasteiger partial charge in [0, 0.05) is 30.5 Å². The number of carbonyl (C=O) groups is 1. The van der Waals surface area contributed by atoms with Crippen LogP contribution in [0.4, 0.5) is 0 Å². The van der Waals surface area contributed by atoms with Gasteiger partial charge in [0.25, 0.3) is 5.91 Å². The first-order valence-corrected chi connectivity index (χ1v) is 9.68. The summed E-state index contributed by atoms with van der Waals surface area (Å²) in [5.41, 5.74) is 1.97. The fourth-order valence-electron chi connectivity index (χ4n) is 3.70. The Hall–Kier alpha value is -3.21. The van der Waals surface area contributed by atoms with Crippen molar-refractivity contribution in [3.8, 4) is 11.6 Å². The van der Waals surface area contributed by atoms with Crippen LogP contribution in [0.25, 0.3) is 0 Å². The number of aryl methyl sites for hydroxylation is 1. The predicted molar refractivity (Wildman–Crippen MR) is 107 cm³/mol. The van der Waals surface area contributed by atoms with E-state index in [2.05, 4.69) is 34.2 Å². The maximum absolute atomic E-state index is 13.1. The number of ether oxygens (including phenoxy) is 1. The van der Waals surface area contributed by atoms with Crippen molar-refractivity contribution >= 4 is 5.91 Å². The van der Waals surface area contributed by atoms with Crippen LogP contribution in [0.3, 0.4) is 0 Å². The second-order valence-corrected chi connectivity index (χ2v) is 6.99. The fourth-order valence-corrected chi connectivity index (χ4v) is 3.70. The van der Waals surface area contributed by atoms with E-state index in [4.69, 9.17) is 4.74 Å². The number of aromatic nitrogens is 2. The minimum Gasteiger partial charge on any atom is -0.437 e. The van der Waals surface area contributed by atoms with Crippen LogP contribution in [-0.4, -0.2) is 33.4 Å². The number of benzene rings is 2. The molecule has 142 valence electrons. The predicted octanol–water partition coefficient (Wildman–Crippen LogP) is 4.51. The van der Waals surface area contributed by atoms with Crippen LogP contribution < -0.4 is 4.74 Å². The fraction of sp³-hybridized carbons (Fsp3) is 0.261. The minimum atomic E-state index is 0.0696. The van der Waals surface area contributed by atoms with Crippen molar-refractivity contribution in [1.29, 1.82) is 0 Å². The van der Waals surface area contributed by atoms with Gasteiger partial charge in [0.15, 0.2) is 0 Å². The lowest BCUT2D eigenvalue weighted by atomic mass is 10.0. The van der Waals surface area contributed by atoms with Crippen LogP contribution in [0.15, 0.2) is 73.2 Å². The van der Waals surface area contributed by atoms with E-state index in [1.54, 1.807) is 24.7 Å². The summed E-state index contributed by atoms with van der Waals surface area (Å²) in [6, 6.07) is 18.0. The summed E-state index contributed by atoms with van der Waals surface area (Å²) in [4.78, 5) is 23.2. The number of hydrogen-bond donors (Lipinski definition) is 0. The molecule has 4 rings (SSSR count). The second-order valence-electron chi connectivity index (χ2n) is 6.99. The van der Waals surface area contributed by atoms with Crippen LogP contribution in [0.5, 0.6) is 11.6 Å². The number of amides is 1. The first-order chi connectivity index (χ1) is 13.8. The van der Waals surface area contributed by atoms with E-state index in [0.29, 0.717) is 17.2 Å². The molecule has 5 nitrogen and oxygen atoms in total. The van der Waals surface area contributed by atoms with Gasteiger partial charge in [-0.05, 0) is 49.4 Å². The first-order valence-electron chi connectivity index (χ1n) is 9.68. The standard InChI is InChI=1S/C23H23N3O2/c27-23(19-8-4-10-21(16-19)28-22-17-24-13-14-25-22)26-15-5-9-20(26)12-11-18-6-2-1-3-7-18/h1-4,6-8,10,13-14,16-17,20H,5,9,11-12,15H2. The van der Waals surface area contributed by atoms with Gasteiger partial charge in [0.2, 0.25) is 5.88 Å². The van der Waals surface area contributed by atoms with Gasteiger partial charge in [-0.1, -0.05) is 36.4 Å². The Balaban J connectivity index is 1.43. The van der Waals surface area contributed by atoms with Crippen LogP contribution in [0.2, 0.25) is 0 Å². The quantitative estimate of drug-likeness (QED) is 0.638. The Morgan fingerprint density at radius 1 is 1.11 bits per heavy atom. The third-order valence-electron chi connectivity index (χ3n) is 5.09. The second kappa shape index (κ2) is 8.65. The molecule has 0 radical (unpaired) electrons. The molecule has 0 N–H and O–H groups in total. The zero-order chi connectivity index (χ0) is 19.2. The molecule has 1 saturated heterocycles. The van der Waals surface area contributed by atoms with Gasteiger partial charge in [-0.15, -0.1) is 0 Å². The largest absolute Gasteiger partial charge is 0.437 e.